The molecule has 0 bridgehead atoms. The molecule has 0 fully saturated rings. The first-order valence-corrected chi connectivity index (χ1v) is 5.91. The van der Waals surface area contributed by atoms with E-state index in [1.54, 1.807) is 12.4 Å². The monoisotopic (exact) mass is 247 g/mol. The number of nitrogens with one attached hydrogen (secondary N) is 1. The van der Waals surface area contributed by atoms with E-state index in [1.807, 2.05) is 0 Å². The van der Waals surface area contributed by atoms with Crippen molar-refractivity contribution < 1.29 is 0 Å². The Bertz CT molecular complexity index is 277. The van der Waals surface area contributed by atoms with Gasteiger partial charge < -0.3 is 5.32 Å². The van der Waals surface area contributed by atoms with Crippen molar-refractivity contribution in [2.75, 3.05) is 17.7 Å². The van der Waals surface area contributed by atoms with Crippen molar-refractivity contribution in [2.45, 2.75) is 19.8 Å². The van der Waals surface area contributed by atoms with Crippen molar-refractivity contribution in [1.29, 1.82) is 0 Å². The molecule has 1 atom stereocenters. The summed E-state index contributed by atoms with van der Waals surface area (Å²) in [6.07, 6.45) is 5.35. The van der Waals surface area contributed by atoms with Gasteiger partial charge in [-0.3, -0.25) is 0 Å². The van der Waals surface area contributed by atoms with E-state index in [9.17, 15) is 0 Å². The van der Waals surface area contributed by atoms with Gasteiger partial charge in [0.15, 0.2) is 0 Å². The first-order valence-electron chi connectivity index (χ1n) is 4.99. The zero-order valence-corrected chi connectivity index (χ0v) is 10.2. The highest BCUT2D eigenvalue weighted by atomic mass is 35.5. The standard InChI is InChI=1S/C10H15Cl2N3/c1-8(5-11)3-2-4-13-10-14-6-9(12)7-15-10/h6-8H,2-5H2,1H3,(H,13,14,15). The molecule has 1 aromatic rings. The molecule has 0 aromatic carbocycles. The Kier molecular flexibility index (Phi) is 5.73. The summed E-state index contributed by atoms with van der Waals surface area (Å²) in [5.74, 6) is 1.91. The number of rotatable bonds is 6. The number of hydrogen-bond acceptors (Lipinski definition) is 3. The molecule has 1 aromatic heterocycles. The van der Waals surface area contributed by atoms with Crippen molar-refractivity contribution in [1.82, 2.24) is 9.97 Å². The molecule has 0 saturated heterocycles. The van der Waals surface area contributed by atoms with Crippen LogP contribution in [0.15, 0.2) is 12.4 Å². The smallest absolute Gasteiger partial charge is 0.222 e. The fourth-order valence-electron chi connectivity index (χ4n) is 1.13. The van der Waals surface area contributed by atoms with Gasteiger partial charge in [0.2, 0.25) is 5.95 Å². The third-order valence-corrected chi connectivity index (χ3v) is 2.76. The van der Waals surface area contributed by atoms with Crippen LogP contribution in [-0.2, 0) is 0 Å². The SMILES string of the molecule is CC(CCl)CCCNc1ncc(Cl)cn1. The molecule has 0 spiro atoms. The number of halogens is 2. The van der Waals surface area contributed by atoms with Gasteiger partial charge in [0, 0.05) is 12.4 Å². The van der Waals surface area contributed by atoms with Gasteiger partial charge in [-0.25, -0.2) is 9.97 Å². The lowest BCUT2D eigenvalue weighted by Crippen LogP contribution is -2.07. The molecule has 1 rings (SSSR count). The molecule has 1 N–H and O–H groups in total. The van der Waals surface area contributed by atoms with Gasteiger partial charge in [-0.2, -0.15) is 0 Å². The van der Waals surface area contributed by atoms with Crippen LogP contribution in [-0.4, -0.2) is 22.4 Å². The van der Waals surface area contributed by atoms with Crippen molar-refractivity contribution in [3.05, 3.63) is 17.4 Å². The summed E-state index contributed by atoms with van der Waals surface area (Å²) in [5.41, 5.74) is 0. The molecule has 15 heavy (non-hydrogen) atoms. The molecule has 0 aliphatic carbocycles. The average Bonchev–Trinajstić information content (AvgIpc) is 2.26. The highest BCUT2D eigenvalue weighted by molar-refractivity contribution is 6.30. The molecule has 1 unspecified atom stereocenters. The second-order valence-electron chi connectivity index (χ2n) is 3.55. The molecular weight excluding hydrogens is 233 g/mol. The first-order chi connectivity index (χ1) is 7.22. The average molecular weight is 248 g/mol. The minimum Gasteiger partial charge on any atom is -0.354 e. The third-order valence-electron chi connectivity index (χ3n) is 2.04. The first kappa shape index (κ1) is 12.5. The van der Waals surface area contributed by atoms with E-state index in [0.717, 1.165) is 25.3 Å². The van der Waals surface area contributed by atoms with Crippen molar-refractivity contribution in [3.63, 3.8) is 0 Å². The number of anilines is 1. The largest absolute Gasteiger partial charge is 0.354 e. The number of aromatic nitrogens is 2. The van der Waals surface area contributed by atoms with E-state index in [2.05, 4.69) is 22.2 Å². The van der Waals surface area contributed by atoms with Crippen molar-refractivity contribution in [2.24, 2.45) is 5.92 Å². The Morgan fingerprint density at radius 2 is 2.07 bits per heavy atom. The van der Waals surface area contributed by atoms with Crippen LogP contribution < -0.4 is 5.32 Å². The van der Waals surface area contributed by atoms with Crippen LogP contribution in [0.3, 0.4) is 0 Å². The zero-order valence-electron chi connectivity index (χ0n) is 8.71. The van der Waals surface area contributed by atoms with E-state index in [4.69, 9.17) is 23.2 Å². The van der Waals surface area contributed by atoms with E-state index in [1.165, 1.54) is 0 Å². The van der Waals surface area contributed by atoms with Crippen molar-refractivity contribution >= 4 is 29.2 Å². The summed E-state index contributed by atoms with van der Waals surface area (Å²) >= 11 is 11.4. The number of hydrogen-bond donors (Lipinski definition) is 1. The summed E-state index contributed by atoms with van der Waals surface area (Å²) in [6, 6.07) is 0. The van der Waals surface area contributed by atoms with Crippen LogP contribution in [0.25, 0.3) is 0 Å². The maximum absolute atomic E-state index is 5.71. The summed E-state index contributed by atoms with van der Waals surface area (Å²) in [7, 11) is 0. The molecule has 0 aliphatic rings. The highest BCUT2D eigenvalue weighted by Crippen LogP contribution is 2.08. The Morgan fingerprint density at radius 1 is 1.40 bits per heavy atom. The lowest BCUT2D eigenvalue weighted by atomic mass is 10.1. The van der Waals surface area contributed by atoms with Gasteiger partial charge in [0.05, 0.1) is 17.4 Å². The maximum Gasteiger partial charge on any atom is 0.222 e. The Balaban J connectivity index is 2.17. The van der Waals surface area contributed by atoms with Gasteiger partial charge in [0.1, 0.15) is 0 Å². The summed E-state index contributed by atoms with van der Waals surface area (Å²) in [6.45, 7) is 3.01. The fourth-order valence-corrected chi connectivity index (χ4v) is 1.38. The summed E-state index contributed by atoms with van der Waals surface area (Å²) in [4.78, 5) is 8.07. The zero-order chi connectivity index (χ0) is 11.1. The molecule has 0 amide bonds. The molecule has 5 heteroatoms. The van der Waals surface area contributed by atoms with Crippen LogP contribution in [0.4, 0.5) is 5.95 Å². The Morgan fingerprint density at radius 3 is 2.67 bits per heavy atom. The lowest BCUT2D eigenvalue weighted by molar-refractivity contribution is 0.572. The summed E-state index contributed by atoms with van der Waals surface area (Å²) in [5, 5.41) is 3.68. The molecule has 1 heterocycles. The van der Waals surface area contributed by atoms with Gasteiger partial charge >= 0.3 is 0 Å². The Hall–Kier alpha value is -0.540. The van der Waals surface area contributed by atoms with Crippen LogP contribution in [0.1, 0.15) is 19.8 Å². The van der Waals surface area contributed by atoms with Crippen LogP contribution in [0.2, 0.25) is 5.02 Å². The normalized spacial score (nSPS) is 12.5. The summed E-state index contributed by atoms with van der Waals surface area (Å²) < 4.78 is 0. The van der Waals surface area contributed by atoms with Crippen LogP contribution in [0.5, 0.6) is 0 Å². The molecule has 0 radical (unpaired) electrons. The molecule has 0 saturated carbocycles. The number of nitrogens with zero attached hydrogens (tertiary/aromatic N) is 2. The van der Waals surface area contributed by atoms with E-state index < -0.39 is 0 Å². The second kappa shape index (κ2) is 6.85. The molecule has 0 aliphatic heterocycles. The van der Waals surface area contributed by atoms with Crippen LogP contribution >= 0.6 is 23.2 Å². The fraction of sp³-hybridized carbons (Fsp3) is 0.600. The minimum absolute atomic E-state index is 0.552. The molecule has 3 nitrogen and oxygen atoms in total. The van der Waals surface area contributed by atoms with Gasteiger partial charge in [-0.15, -0.1) is 11.6 Å². The van der Waals surface area contributed by atoms with Crippen molar-refractivity contribution in [3.8, 4) is 0 Å². The molecular formula is C10H15Cl2N3. The van der Waals surface area contributed by atoms with E-state index >= 15 is 0 Å². The minimum atomic E-state index is 0.552. The topological polar surface area (TPSA) is 37.8 Å². The third kappa shape index (κ3) is 5.19. The lowest BCUT2D eigenvalue weighted by Gasteiger charge is -2.07. The van der Waals surface area contributed by atoms with Gasteiger partial charge in [-0.05, 0) is 18.8 Å². The highest BCUT2D eigenvalue weighted by Gasteiger charge is 2.00. The van der Waals surface area contributed by atoms with Gasteiger partial charge in [0.25, 0.3) is 0 Å². The molecule has 84 valence electrons. The Labute approximate surface area is 100 Å². The van der Waals surface area contributed by atoms with Crippen LogP contribution in [0, 0.1) is 5.92 Å². The van der Waals surface area contributed by atoms with E-state index in [0.29, 0.717) is 16.9 Å². The predicted octanol–water partition coefficient (Wildman–Crippen LogP) is 3.20. The predicted molar refractivity (Wildman–Crippen MR) is 64.6 cm³/mol. The van der Waals surface area contributed by atoms with Gasteiger partial charge in [-0.1, -0.05) is 18.5 Å². The quantitative estimate of drug-likeness (QED) is 0.620. The second-order valence-corrected chi connectivity index (χ2v) is 4.30. The van der Waals surface area contributed by atoms with E-state index in [-0.39, 0.29) is 0 Å². The number of alkyl halides is 1. The maximum atomic E-state index is 5.71.